The second kappa shape index (κ2) is 6.25. The molecule has 0 N–H and O–H groups in total. The number of nitriles is 1. The van der Waals surface area contributed by atoms with Gasteiger partial charge in [-0.05, 0) is 12.1 Å². The van der Waals surface area contributed by atoms with Crippen molar-refractivity contribution in [3.63, 3.8) is 0 Å². The minimum atomic E-state index is -5.23. The van der Waals surface area contributed by atoms with E-state index in [1.165, 1.54) is 6.07 Å². The van der Waals surface area contributed by atoms with Crippen molar-refractivity contribution in [2.24, 2.45) is 0 Å². The summed E-state index contributed by atoms with van der Waals surface area (Å²) >= 11 is 0. The fourth-order valence-electron chi connectivity index (χ4n) is 1.33. The van der Waals surface area contributed by atoms with Crippen LogP contribution in [0, 0.1) is 11.3 Å². The molecule has 0 unspecified atom stereocenters. The van der Waals surface area contributed by atoms with Crippen LogP contribution in [0.25, 0.3) is 0 Å². The number of carbonyl (C=O) groups is 1. The SMILES string of the molecule is COC(=O)c1cc(C#N)c(OC(F)F)c(OC(F)(F)F)c1. The Morgan fingerprint density at radius 1 is 1.33 bits per heavy atom. The van der Waals surface area contributed by atoms with Gasteiger partial charge in [0.1, 0.15) is 6.07 Å². The van der Waals surface area contributed by atoms with Crippen molar-refractivity contribution in [2.75, 3.05) is 7.11 Å². The summed E-state index contributed by atoms with van der Waals surface area (Å²) in [5.74, 6) is -3.46. The minimum absolute atomic E-state index is 0.484. The summed E-state index contributed by atoms with van der Waals surface area (Å²) in [6.07, 6.45) is -5.23. The third-order valence-electron chi connectivity index (χ3n) is 2.03. The Bertz CT molecular complexity index is 579. The molecule has 0 fully saturated rings. The molecule has 0 radical (unpaired) electrons. The third kappa shape index (κ3) is 4.48. The topological polar surface area (TPSA) is 68.6 Å². The highest BCUT2D eigenvalue weighted by Gasteiger charge is 2.34. The summed E-state index contributed by atoms with van der Waals surface area (Å²) in [6.45, 7) is -3.49. The molecule has 21 heavy (non-hydrogen) atoms. The fraction of sp³-hybridized carbons (Fsp3) is 0.273. The van der Waals surface area contributed by atoms with Crippen LogP contribution in [-0.2, 0) is 4.74 Å². The molecule has 0 atom stereocenters. The number of halogens is 5. The smallest absolute Gasteiger partial charge is 0.465 e. The van der Waals surface area contributed by atoms with Gasteiger partial charge >= 0.3 is 18.9 Å². The highest BCUT2D eigenvalue weighted by Crippen LogP contribution is 2.37. The first kappa shape index (κ1) is 16.5. The molecule has 0 saturated carbocycles. The normalized spacial score (nSPS) is 11.0. The molecule has 5 nitrogen and oxygen atoms in total. The molecule has 0 aliphatic carbocycles. The maximum Gasteiger partial charge on any atom is 0.573 e. The molecule has 1 aromatic carbocycles. The van der Waals surface area contributed by atoms with Crippen molar-refractivity contribution >= 4 is 5.97 Å². The van der Waals surface area contributed by atoms with Gasteiger partial charge in [-0.1, -0.05) is 0 Å². The molecular formula is C11H6F5NO4. The molecule has 0 amide bonds. The largest absolute Gasteiger partial charge is 0.573 e. The number of nitrogens with zero attached hydrogens (tertiary/aromatic N) is 1. The van der Waals surface area contributed by atoms with E-state index in [4.69, 9.17) is 5.26 Å². The second-order valence-corrected chi connectivity index (χ2v) is 3.38. The lowest BCUT2D eigenvalue weighted by Gasteiger charge is -2.15. The highest BCUT2D eigenvalue weighted by molar-refractivity contribution is 5.91. The van der Waals surface area contributed by atoms with Crippen molar-refractivity contribution in [2.45, 2.75) is 13.0 Å². The fourth-order valence-corrected chi connectivity index (χ4v) is 1.33. The summed E-state index contributed by atoms with van der Waals surface area (Å²) in [5, 5.41) is 8.77. The molecule has 10 heteroatoms. The number of hydrogen-bond acceptors (Lipinski definition) is 5. The van der Waals surface area contributed by atoms with Crippen LogP contribution in [-0.4, -0.2) is 26.1 Å². The van der Waals surface area contributed by atoms with Crippen molar-refractivity contribution in [1.29, 1.82) is 5.26 Å². The molecule has 114 valence electrons. The molecule has 0 spiro atoms. The van der Waals surface area contributed by atoms with Gasteiger partial charge in [0.15, 0.2) is 11.5 Å². The number of methoxy groups -OCH3 is 1. The molecule has 0 saturated heterocycles. The van der Waals surface area contributed by atoms with E-state index in [1.54, 1.807) is 0 Å². The van der Waals surface area contributed by atoms with Crippen LogP contribution in [0.5, 0.6) is 11.5 Å². The number of hydrogen-bond donors (Lipinski definition) is 0. The van der Waals surface area contributed by atoms with E-state index in [-0.39, 0.29) is 0 Å². The van der Waals surface area contributed by atoms with Gasteiger partial charge in [0.2, 0.25) is 0 Å². The number of alkyl halides is 5. The number of carbonyl (C=O) groups excluding carboxylic acids is 1. The van der Waals surface area contributed by atoms with Crippen LogP contribution in [0.4, 0.5) is 22.0 Å². The van der Waals surface area contributed by atoms with Crippen molar-refractivity contribution < 1.29 is 41.0 Å². The summed E-state index contributed by atoms with van der Waals surface area (Å²) in [4.78, 5) is 11.3. The van der Waals surface area contributed by atoms with E-state index < -0.39 is 41.6 Å². The number of rotatable bonds is 4. The zero-order chi connectivity index (χ0) is 16.2. The Morgan fingerprint density at radius 2 is 1.95 bits per heavy atom. The van der Waals surface area contributed by atoms with Crippen LogP contribution in [0.3, 0.4) is 0 Å². The van der Waals surface area contributed by atoms with Crippen molar-refractivity contribution in [1.82, 2.24) is 0 Å². The van der Waals surface area contributed by atoms with Crippen LogP contribution < -0.4 is 9.47 Å². The van der Waals surface area contributed by atoms with E-state index in [9.17, 15) is 26.7 Å². The van der Waals surface area contributed by atoms with Crippen LogP contribution in [0.2, 0.25) is 0 Å². The lowest BCUT2D eigenvalue weighted by atomic mass is 10.1. The van der Waals surface area contributed by atoms with Gasteiger partial charge in [-0.25, -0.2) is 4.79 Å². The Labute approximate surface area is 114 Å². The molecule has 0 bridgehead atoms. The number of benzene rings is 1. The van der Waals surface area contributed by atoms with Crippen LogP contribution in [0.1, 0.15) is 15.9 Å². The first-order valence-corrected chi connectivity index (χ1v) is 5.05. The van der Waals surface area contributed by atoms with Crippen LogP contribution >= 0.6 is 0 Å². The maximum atomic E-state index is 12.2. The molecule has 0 aliphatic heterocycles. The van der Waals surface area contributed by atoms with Crippen molar-refractivity contribution in [3.05, 3.63) is 23.3 Å². The highest BCUT2D eigenvalue weighted by atomic mass is 19.4. The summed E-state index contributed by atoms with van der Waals surface area (Å²) < 4.78 is 72.8. The Kier molecular flexibility index (Phi) is 4.91. The Morgan fingerprint density at radius 3 is 2.38 bits per heavy atom. The first-order chi connectivity index (χ1) is 9.67. The monoisotopic (exact) mass is 311 g/mol. The molecule has 1 rings (SSSR count). The molecule has 0 aromatic heterocycles. The van der Waals surface area contributed by atoms with Crippen LogP contribution in [0.15, 0.2) is 12.1 Å². The summed E-state index contributed by atoms with van der Waals surface area (Å²) in [7, 11) is 0.947. The summed E-state index contributed by atoms with van der Waals surface area (Å²) in [5.41, 5.74) is -1.23. The maximum absolute atomic E-state index is 12.2. The quantitative estimate of drug-likeness (QED) is 0.632. The lowest BCUT2D eigenvalue weighted by Crippen LogP contribution is -2.19. The molecular weight excluding hydrogens is 305 g/mol. The zero-order valence-corrected chi connectivity index (χ0v) is 10.2. The third-order valence-corrected chi connectivity index (χ3v) is 2.03. The molecule has 0 heterocycles. The standard InChI is InChI=1S/C11H6F5NO4/c1-19-9(18)5-2-6(4-17)8(20-10(12)13)7(3-5)21-11(14,15)16/h2-3,10H,1H3. The molecule has 1 aromatic rings. The second-order valence-electron chi connectivity index (χ2n) is 3.38. The van der Waals surface area contributed by atoms with Crippen molar-refractivity contribution in [3.8, 4) is 17.6 Å². The summed E-state index contributed by atoms with van der Waals surface area (Å²) in [6, 6.07) is 2.56. The van der Waals surface area contributed by atoms with Gasteiger partial charge in [-0.15, -0.1) is 13.2 Å². The number of esters is 1. The molecule has 0 aliphatic rings. The van der Waals surface area contributed by atoms with Gasteiger partial charge in [0.25, 0.3) is 0 Å². The van der Waals surface area contributed by atoms with Gasteiger partial charge in [-0.2, -0.15) is 14.0 Å². The predicted octanol–water partition coefficient (Wildman–Crippen LogP) is 2.84. The average molecular weight is 311 g/mol. The lowest BCUT2D eigenvalue weighted by molar-refractivity contribution is -0.275. The predicted molar refractivity (Wildman–Crippen MR) is 55.8 cm³/mol. The Hall–Kier alpha value is -2.57. The van der Waals surface area contributed by atoms with E-state index in [1.807, 2.05) is 0 Å². The average Bonchev–Trinajstić information content (AvgIpc) is 2.37. The van der Waals surface area contributed by atoms with E-state index >= 15 is 0 Å². The zero-order valence-electron chi connectivity index (χ0n) is 10.2. The minimum Gasteiger partial charge on any atom is -0.465 e. The van der Waals surface area contributed by atoms with E-state index in [2.05, 4.69) is 14.2 Å². The number of ether oxygens (including phenoxy) is 3. The van der Waals surface area contributed by atoms with Gasteiger partial charge in [-0.3, -0.25) is 0 Å². The van der Waals surface area contributed by atoms with Gasteiger partial charge in [0.05, 0.1) is 18.2 Å². The van der Waals surface area contributed by atoms with E-state index in [0.29, 0.717) is 6.07 Å². The first-order valence-electron chi connectivity index (χ1n) is 5.05. The van der Waals surface area contributed by atoms with E-state index in [0.717, 1.165) is 13.2 Å². The van der Waals surface area contributed by atoms with Gasteiger partial charge in [0, 0.05) is 0 Å². The Balaban J connectivity index is 3.45. The van der Waals surface area contributed by atoms with Gasteiger partial charge < -0.3 is 14.2 Å².